The molecular weight excluding hydrogens is 304 g/mol. The third-order valence-electron chi connectivity index (χ3n) is 3.39. The van der Waals surface area contributed by atoms with Gasteiger partial charge in [0.2, 0.25) is 5.91 Å². The summed E-state index contributed by atoms with van der Waals surface area (Å²) in [5, 5.41) is 5.56. The maximum atomic E-state index is 12.1. The summed E-state index contributed by atoms with van der Waals surface area (Å²) in [4.78, 5) is 28.1. The number of nitrogens with zero attached hydrogens (tertiary/aromatic N) is 1. The van der Waals surface area contributed by atoms with Crippen LogP contribution < -0.4 is 16.4 Å². The number of amides is 2. The number of anilines is 2. The fourth-order valence-electron chi connectivity index (χ4n) is 2.23. The molecule has 6 nitrogen and oxygen atoms in total. The number of carbonyl (C=O) groups is 2. The number of rotatable bonds is 6. The van der Waals surface area contributed by atoms with Crippen molar-refractivity contribution in [2.45, 2.75) is 26.3 Å². The van der Waals surface area contributed by atoms with Gasteiger partial charge in [-0.05, 0) is 42.7 Å². The second-order valence-corrected chi connectivity index (χ2v) is 6.00. The highest BCUT2D eigenvalue weighted by atomic mass is 16.2. The molecule has 0 saturated heterocycles. The second kappa shape index (κ2) is 8.21. The minimum atomic E-state index is -0.555. The van der Waals surface area contributed by atoms with Crippen LogP contribution in [-0.4, -0.2) is 22.8 Å². The zero-order valence-electron chi connectivity index (χ0n) is 13.8. The van der Waals surface area contributed by atoms with Crippen molar-refractivity contribution in [1.82, 2.24) is 4.98 Å². The molecule has 1 aromatic carbocycles. The highest BCUT2D eigenvalue weighted by Crippen LogP contribution is 2.17. The van der Waals surface area contributed by atoms with E-state index >= 15 is 0 Å². The highest BCUT2D eigenvalue weighted by molar-refractivity contribution is 6.04. The monoisotopic (exact) mass is 326 g/mol. The van der Waals surface area contributed by atoms with Crippen molar-refractivity contribution in [3.63, 3.8) is 0 Å². The molecule has 1 atom stereocenters. The molecule has 2 rings (SSSR count). The number of aromatic nitrogens is 1. The molecule has 24 heavy (non-hydrogen) atoms. The van der Waals surface area contributed by atoms with E-state index in [0.29, 0.717) is 29.3 Å². The number of pyridine rings is 1. The van der Waals surface area contributed by atoms with E-state index in [4.69, 9.17) is 5.73 Å². The molecule has 0 fully saturated rings. The Morgan fingerprint density at radius 2 is 1.71 bits per heavy atom. The van der Waals surface area contributed by atoms with E-state index in [9.17, 15) is 9.59 Å². The zero-order chi connectivity index (χ0) is 17.5. The molecule has 2 aromatic rings. The van der Waals surface area contributed by atoms with Crippen molar-refractivity contribution >= 4 is 23.2 Å². The fraction of sp³-hybridized carbons (Fsp3) is 0.278. The minimum Gasteiger partial charge on any atom is -0.325 e. The van der Waals surface area contributed by atoms with Gasteiger partial charge < -0.3 is 16.4 Å². The lowest BCUT2D eigenvalue weighted by Gasteiger charge is -2.14. The lowest BCUT2D eigenvalue weighted by molar-refractivity contribution is -0.117. The number of hydrogen-bond donors (Lipinski definition) is 3. The Bertz CT molecular complexity index is 701. The van der Waals surface area contributed by atoms with Crippen molar-refractivity contribution in [1.29, 1.82) is 0 Å². The molecule has 1 heterocycles. The molecule has 0 saturated carbocycles. The molecule has 4 N–H and O–H groups in total. The quantitative estimate of drug-likeness (QED) is 0.760. The minimum absolute atomic E-state index is 0.235. The molecule has 126 valence electrons. The van der Waals surface area contributed by atoms with Gasteiger partial charge in [-0.3, -0.25) is 14.6 Å². The predicted octanol–water partition coefficient (Wildman–Crippen LogP) is 2.65. The maximum absolute atomic E-state index is 12.1. The van der Waals surface area contributed by atoms with E-state index < -0.39 is 6.04 Å². The van der Waals surface area contributed by atoms with Crippen LogP contribution in [0.25, 0.3) is 0 Å². The van der Waals surface area contributed by atoms with Gasteiger partial charge in [-0.2, -0.15) is 0 Å². The van der Waals surface area contributed by atoms with Gasteiger partial charge in [-0.15, -0.1) is 0 Å². The topological polar surface area (TPSA) is 97.1 Å². The van der Waals surface area contributed by atoms with Gasteiger partial charge >= 0.3 is 0 Å². The Morgan fingerprint density at radius 3 is 2.33 bits per heavy atom. The average Bonchev–Trinajstić information content (AvgIpc) is 2.55. The van der Waals surface area contributed by atoms with Gasteiger partial charge in [-0.25, -0.2) is 0 Å². The lowest BCUT2D eigenvalue weighted by atomic mass is 10.0. The average molecular weight is 326 g/mol. The normalized spacial score (nSPS) is 11.8. The van der Waals surface area contributed by atoms with Crippen LogP contribution in [0.3, 0.4) is 0 Å². The van der Waals surface area contributed by atoms with E-state index in [-0.39, 0.29) is 11.8 Å². The molecule has 0 spiro atoms. The SMILES string of the molecule is CC(C)C[C@H](N)C(=O)Nc1cccc(NC(=O)c2ccncc2)c1. The number of hydrogen-bond acceptors (Lipinski definition) is 4. The largest absolute Gasteiger partial charge is 0.325 e. The lowest BCUT2D eigenvalue weighted by Crippen LogP contribution is -2.36. The number of benzene rings is 1. The van der Waals surface area contributed by atoms with Gasteiger partial charge in [0.05, 0.1) is 6.04 Å². The van der Waals surface area contributed by atoms with Gasteiger partial charge in [0.1, 0.15) is 0 Å². The first-order valence-corrected chi connectivity index (χ1v) is 7.83. The van der Waals surface area contributed by atoms with Gasteiger partial charge in [0.15, 0.2) is 0 Å². The highest BCUT2D eigenvalue weighted by Gasteiger charge is 2.15. The number of carbonyl (C=O) groups excluding carboxylic acids is 2. The van der Waals surface area contributed by atoms with Crippen LogP contribution in [0.2, 0.25) is 0 Å². The van der Waals surface area contributed by atoms with Crippen LogP contribution in [0.5, 0.6) is 0 Å². The first-order chi connectivity index (χ1) is 11.5. The van der Waals surface area contributed by atoms with Crippen LogP contribution in [0.4, 0.5) is 11.4 Å². The van der Waals surface area contributed by atoms with Crippen LogP contribution in [0.15, 0.2) is 48.8 Å². The third kappa shape index (κ3) is 5.17. The molecule has 1 aromatic heterocycles. The van der Waals surface area contributed by atoms with Crippen molar-refractivity contribution in [2.24, 2.45) is 11.7 Å². The summed E-state index contributed by atoms with van der Waals surface area (Å²) in [6.07, 6.45) is 3.73. The van der Waals surface area contributed by atoms with Crippen molar-refractivity contribution in [3.8, 4) is 0 Å². The van der Waals surface area contributed by atoms with Gasteiger partial charge in [-0.1, -0.05) is 19.9 Å². The van der Waals surface area contributed by atoms with Crippen molar-refractivity contribution < 1.29 is 9.59 Å². The van der Waals surface area contributed by atoms with Crippen molar-refractivity contribution in [2.75, 3.05) is 10.6 Å². The summed E-state index contributed by atoms with van der Waals surface area (Å²) in [5.41, 5.74) is 7.56. The molecule has 2 amide bonds. The summed E-state index contributed by atoms with van der Waals surface area (Å²) in [6, 6.07) is 9.66. The number of nitrogens with two attached hydrogens (primary N) is 1. The Morgan fingerprint density at radius 1 is 1.08 bits per heavy atom. The smallest absolute Gasteiger partial charge is 0.255 e. The Labute approximate surface area is 141 Å². The van der Waals surface area contributed by atoms with Crippen LogP contribution in [-0.2, 0) is 4.79 Å². The Balaban J connectivity index is 2.01. The molecule has 6 heteroatoms. The van der Waals surface area contributed by atoms with Crippen molar-refractivity contribution in [3.05, 3.63) is 54.4 Å². The van der Waals surface area contributed by atoms with E-state index in [1.807, 2.05) is 13.8 Å². The van der Waals surface area contributed by atoms with E-state index in [1.165, 1.54) is 0 Å². The second-order valence-electron chi connectivity index (χ2n) is 6.00. The third-order valence-corrected chi connectivity index (χ3v) is 3.39. The number of nitrogens with one attached hydrogen (secondary N) is 2. The molecule has 0 bridgehead atoms. The van der Waals surface area contributed by atoms with E-state index in [1.54, 1.807) is 48.8 Å². The molecule has 0 unspecified atom stereocenters. The summed E-state index contributed by atoms with van der Waals surface area (Å²) in [5.74, 6) is -0.129. The van der Waals surface area contributed by atoms with E-state index in [2.05, 4.69) is 15.6 Å². The molecule has 0 aliphatic carbocycles. The Hall–Kier alpha value is -2.73. The van der Waals surface area contributed by atoms with E-state index in [0.717, 1.165) is 0 Å². The van der Waals surface area contributed by atoms with Gasteiger partial charge in [0, 0.05) is 29.3 Å². The van der Waals surface area contributed by atoms with Crippen LogP contribution in [0, 0.1) is 5.92 Å². The summed E-state index contributed by atoms with van der Waals surface area (Å²) < 4.78 is 0. The summed E-state index contributed by atoms with van der Waals surface area (Å²) in [7, 11) is 0. The molecule has 0 aliphatic rings. The van der Waals surface area contributed by atoms with Crippen LogP contribution >= 0.6 is 0 Å². The molecule has 0 aliphatic heterocycles. The fourth-order valence-corrected chi connectivity index (χ4v) is 2.23. The Kier molecular flexibility index (Phi) is 6.03. The van der Waals surface area contributed by atoms with Gasteiger partial charge in [0.25, 0.3) is 5.91 Å². The standard InChI is InChI=1S/C18H22N4O2/c1-12(2)10-16(19)18(24)22-15-5-3-4-14(11-15)21-17(23)13-6-8-20-9-7-13/h3-9,11-12,16H,10,19H2,1-2H3,(H,21,23)(H,22,24)/t16-/m0/s1. The maximum Gasteiger partial charge on any atom is 0.255 e. The first kappa shape index (κ1) is 17.6. The molecular formula is C18H22N4O2. The summed E-state index contributed by atoms with van der Waals surface area (Å²) in [6.45, 7) is 4.03. The predicted molar refractivity (Wildman–Crippen MR) is 94.7 cm³/mol. The molecule has 0 radical (unpaired) electrons. The zero-order valence-corrected chi connectivity index (χ0v) is 13.8. The first-order valence-electron chi connectivity index (χ1n) is 7.83. The van der Waals surface area contributed by atoms with Crippen LogP contribution in [0.1, 0.15) is 30.6 Å². The summed E-state index contributed by atoms with van der Waals surface area (Å²) >= 11 is 0.